The van der Waals surface area contributed by atoms with Crippen molar-refractivity contribution in [1.82, 2.24) is 4.90 Å². The van der Waals surface area contributed by atoms with Crippen molar-refractivity contribution in [1.29, 1.82) is 0 Å². The summed E-state index contributed by atoms with van der Waals surface area (Å²) in [6.07, 6.45) is 11.1. The molecule has 0 aliphatic carbocycles. The highest BCUT2D eigenvalue weighted by molar-refractivity contribution is 9.10. The molecule has 0 heterocycles. The number of carboxylic acid groups (broad SMARTS) is 2. The number of allylic oxidation sites excluding steroid dienone is 3. The second-order valence-corrected chi connectivity index (χ2v) is 8.51. The van der Waals surface area contributed by atoms with E-state index in [2.05, 4.69) is 60.5 Å². The van der Waals surface area contributed by atoms with E-state index in [1.54, 1.807) is 0 Å². The zero-order valence-corrected chi connectivity index (χ0v) is 21.2. The summed E-state index contributed by atoms with van der Waals surface area (Å²) in [5.74, 6) is -2.30. The molecule has 0 amide bonds. The normalized spacial score (nSPS) is 11.8. The summed E-state index contributed by atoms with van der Waals surface area (Å²) in [6, 6.07) is 7.58. The van der Waals surface area contributed by atoms with Gasteiger partial charge in [-0.3, -0.25) is 9.69 Å². The van der Waals surface area contributed by atoms with Crippen LogP contribution in [-0.2, 0) is 9.59 Å². The molecule has 0 spiro atoms. The molecule has 0 atom stereocenters. The Morgan fingerprint density at radius 3 is 1.97 bits per heavy atom. The lowest BCUT2D eigenvalue weighted by Gasteiger charge is -2.11. The number of hydrogen-bond acceptors (Lipinski definition) is 4. The molecule has 2 N–H and O–H groups in total. The Morgan fingerprint density at radius 1 is 0.909 bits per heavy atom. The minimum Gasteiger partial charge on any atom is -0.478 e. The number of Topliss-reactive ketones (excluding diaryl/α,β-unsaturated/α-hetero) is 1. The highest BCUT2D eigenvalue weighted by Gasteiger charge is 2.05. The number of carbonyl (C=O) groups is 3. The molecule has 180 valence electrons. The third-order valence-corrected chi connectivity index (χ3v) is 5.03. The molecule has 1 aromatic rings. The third kappa shape index (κ3) is 17.5. The van der Waals surface area contributed by atoms with Crippen molar-refractivity contribution in [3.8, 4) is 0 Å². The van der Waals surface area contributed by atoms with Gasteiger partial charge in [0.25, 0.3) is 0 Å². The lowest BCUT2D eigenvalue weighted by Crippen LogP contribution is -2.18. The number of ketones is 1. The number of rotatable bonds is 13. The van der Waals surface area contributed by atoms with Crippen molar-refractivity contribution in [3.05, 3.63) is 82.4 Å². The van der Waals surface area contributed by atoms with Gasteiger partial charge in [0.1, 0.15) is 0 Å². The van der Waals surface area contributed by atoms with Crippen molar-refractivity contribution in [2.24, 2.45) is 0 Å². The van der Waals surface area contributed by atoms with Gasteiger partial charge in [0.05, 0.1) is 0 Å². The Morgan fingerprint density at radius 2 is 1.45 bits per heavy atom. The highest BCUT2D eigenvalue weighted by atomic mass is 79.9. The van der Waals surface area contributed by atoms with Gasteiger partial charge in [0, 0.05) is 41.7 Å². The maximum Gasteiger partial charge on any atom is 0.328 e. The Hall–Kier alpha value is -2.77. The quantitative estimate of drug-likeness (QED) is 0.191. The summed E-state index contributed by atoms with van der Waals surface area (Å²) >= 11 is 3.39. The predicted octanol–water partition coefficient (Wildman–Crippen LogP) is 5.91. The predicted molar refractivity (Wildman–Crippen MR) is 137 cm³/mol. The van der Waals surface area contributed by atoms with Crippen LogP contribution in [-0.4, -0.2) is 53.0 Å². The number of aliphatic carboxylic acids is 2. The van der Waals surface area contributed by atoms with Gasteiger partial charge in [0.15, 0.2) is 5.78 Å². The van der Waals surface area contributed by atoms with E-state index >= 15 is 0 Å². The van der Waals surface area contributed by atoms with E-state index in [1.807, 2.05) is 30.3 Å². The van der Waals surface area contributed by atoms with Gasteiger partial charge < -0.3 is 10.2 Å². The first-order valence-electron chi connectivity index (χ1n) is 10.6. The second kappa shape index (κ2) is 17.7. The van der Waals surface area contributed by atoms with Crippen LogP contribution in [0.4, 0.5) is 0 Å². The lowest BCUT2D eigenvalue weighted by molar-refractivity contribution is -0.134. The Labute approximate surface area is 205 Å². The van der Waals surface area contributed by atoms with Crippen LogP contribution in [0.1, 0.15) is 49.9 Å². The monoisotopic (exact) mass is 519 g/mol. The van der Waals surface area contributed by atoms with Gasteiger partial charge in [-0.05, 0) is 52.3 Å². The number of carboxylic acids is 2. The molecule has 0 bridgehead atoms. The molecule has 33 heavy (non-hydrogen) atoms. The van der Waals surface area contributed by atoms with E-state index in [9.17, 15) is 14.4 Å². The van der Waals surface area contributed by atoms with Gasteiger partial charge in [-0.2, -0.15) is 0 Å². The average Bonchev–Trinajstić information content (AvgIpc) is 2.76. The average molecular weight is 520 g/mol. The van der Waals surface area contributed by atoms with Gasteiger partial charge >= 0.3 is 11.9 Å². The Bertz CT molecular complexity index is 853. The van der Waals surface area contributed by atoms with E-state index in [4.69, 9.17) is 10.2 Å². The SMILES string of the molecule is C=CCN(C)CC=C(C)CCC=C(C)CCC(=O)c1ccc(Br)cc1.O=C(O)C=CC(=O)O. The lowest BCUT2D eigenvalue weighted by atomic mass is 10.0. The maximum absolute atomic E-state index is 12.2. The molecular weight excluding hydrogens is 486 g/mol. The first kappa shape index (κ1) is 30.2. The second-order valence-electron chi connectivity index (χ2n) is 7.59. The molecule has 1 aromatic carbocycles. The first-order chi connectivity index (χ1) is 15.5. The van der Waals surface area contributed by atoms with E-state index in [-0.39, 0.29) is 5.78 Å². The molecule has 0 aliphatic rings. The van der Waals surface area contributed by atoms with Crippen LogP contribution < -0.4 is 0 Å². The summed E-state index contributed by atoms with van der Waals surface area (Å²) in [4.78, 5) is 33.5. The van der Waals surface area contributed by atoms with Crippen molar-refractivity contribution >= 4 is 33.7 Å². The zero-order valence-electron chi connectivity index (χ0n) is 19.6. The third-order valence-electron chi connectivity index (χ3n) is 4.50. The number of benzene rings is 1. The minimum atomic E-state index is -1.26. The van der Waals surface area contributed by atoms with Gasteiger partial charge in [0.2, 0.25) is 0 Å². The smallest absolute Gasteiger partial charge is 0.328 e. The summed E-state index contributed by atoms with van der Waals surface area (Å²) < 4.78 is 0.999. The van der Waals surface area contributed by atoms with Gasteiger partial charge in [-0.15, -0.1) is 6.58 Å². The molecule has 0 saturated heterocycles. The van der Waals surface area contributed by atoms with E-state index in [0.29, 0.717) is 18.6 Å². The standard InChI is InChI=1S/C22H30BrNO.C4H4O4/c1-5-16-24(4)17-15-19(3)8-6-7-18(2)9-14-22(25)20-10-12-21(23)13-11-20;5-3(6)1-2-4(7)8/h5,7,10-13,15H,1,6,8-9,14,16-17H2,2-4H3;1-2H,(H,5,6)(H,7,8). The molecule has 0 aromatic heterocycles. The van der Waals surface area contributed by atoms with E-state index < -0.39 is 11.9 Å². The molecule has 0 saturated carbocycles. The fourth-order valence-electron chi connectivity index (χ4n) is 2.59. The summed E-state index contributed by atoms with van der Waals surface area (Å²) in [6.45, 7) is 9.93. The van der Waals surface area contributed by atoms with Crippen LogP contribution in [0.15, 0.2) is 76.8 Å². The van der Waals surface area contributed by atoms with E-state index in [1.165, 1.54) is 11.1 Å². The summed E-state index contributed by atoms with van der Waals surface area (Å²) in [7, 11) is 2.10. The molecule has 0 fully saturated rings. The van der Waals surface area contributed by atoms with Gasteiger partial charge in [-0.25, -0.2) is 9.59 Å². The van der Waals surface area contributed by atoms with Crippen LogP contribution in [0.2, 0.25) is 0 Å². The summed E-state index contributed by atoms with van der Waals surface area (Å²) in [5.41, 5.74) is 3.49. The molecule has 7 heteroatoms. The van der Waals surface area contributed by atoms with Crippen molar-refractivity contribution in [2.45, 2.75) is 39.5 Å². The topological polar surface area (TPSA) is 94.9 Å². The van der Waals surface area contributed by atoms with Gasteiger partial charge in [-0.1, -0.05) is 57.4 Å². The van der Waals surface area contributed by atoms with Crippen LogP contribution in [0.5, 0.6) is 0 Å². The van der Waals surface area contributed by atoms with Crippen LogP contribution >= 0.6 is 15.9 Å². The number of nitrogens with zero attached hydrogens (tertiary/aromatic N) is 1. The number of hydrogen-bond donors (Lipinski definition) is 2. The first-order valence-corrected chi connectivity index (χ1v) is 11.4. The van der Waals surface area contributed by atoms with E-state index in [0.717, 1.165) is 42.4 Å². The van der Waals surface area contributed by atoms with Crippen molar-refractivity contribution < 1.29 is 24.6 Å². The fourth-order valence-corrected chi connectivity index (χ4v) is 2.85. The molecule has 0 radical (unpaired) electrons. The van der Waals surface area contributed by atoms with Crippen molar-refractivity contribution in [3.63, 3.8) is 0 Å². The number of carbonyl (C=O) groups excluding carboxylic acids is 1. The van der Waals surface area contributed by atoms with Crippen LogP contribution in [0.25, 0.3) is 0 Å². The summed E-state index contributed by atoms with van der Waals surface area (Å²) in [5, 5.41) is 15.6. The van der Waals surface area contributed by atoms with Crippen LogP contribution in [0, 0.1) is 0 Å². The van der Waals surface area contributed by atoms with Crippen molar-refractivity contribution in [2.75, 3.05) is 20.1 Å². The maximum atomic E-state index is 12.2. The molecule has 6 nitrogen and oxygen atoms in total. The largest absolute Gasteiger partial charge is 0.478 e. The Balaban J connectivity index is 0.00000109. The molecular formula is C26H34BrNO5. The van der Waals surface area contributed by atoms with Crippen LogP contribution in [0.3, 0.4) is 0 Å². The number of halogens is 1. The highest BCUT2D eigenvalue weighted by Crippen LogP contribution is 2.15. The molecule has 0 aliphatic heterocycles. The minimum absolute atomic E-state index is 0.210. The molecule has 1 rings (SSSR count). The zero-order chi connectivity index (χ0) is 25.2. The fraction of sp³-hybridized carbons (Fsp3) is 0.346. The Kier molecular flexibility index (Phi) is 16.3. The number of likely N-dealkylation sites (N-methyl/N-ethyl adjacent to an activating group) is 1. The molecule has 0 unspecified atom stereocenters.